The number of amides is 1. The van der Waals surface area contributed by atoms with Crippen LogP contribution in [-0.4, -0.2) is 22.7 Å². The number of carbonyl (C=O) groups is 1. The second-order valence-electron chi connectivity index (χ2n) is 5.32. The molecule has 0 fully saturated rings. The van der Waals surface area contributed by atoms with Gasteiger partial charge in [0.1, 0.15) is 17.4 Å². The van der Waals surface area contributed by atoms with Gasteiger partial charge in [-0.05, 0) is 24.6 Å². The molecule has 8 heteroatoms. The normalized spacial score (nSPS) is 16.1. The average Bonchev–Trinajstić information content (AvgIpc) is 2.93. The number of nitrogens with one attached hydrogen (secondary N) is 1. The summed E-state index contributed by atoms with van der Waals surface area (Å²) >= 11 is 0. The summed E-state index contributed by atoms with van der Waals surface area (Å²) in [6.45, 7) is 1.65. The lowest BCUT2D eigenvalue weighted by Crippen LogP contribution is -2.21. The molecule has 2 aromatic rings. The van der Waals surface area contributed by atoms with Gasteiger partial charge in [0.05, 0.1) is 5.92 Å². The zero-order valence-corrected chi connectivity index (χ0v) is 12.9. The molecular formula is C16H15N5O3. The minimum Gasteiger partial charge on any atom is -0.484 e. The molecule has 1 aliphatic heterocycles. The van der Waals surface area contributed by atoms with E-state index in [1.54, 1.807) is 24.3 Å². The summed E-state index contributed by atoms with van der Waals surface area (Å²) in [6.07, 6.45) is 0. The Morgan fingerprint density at radius 1 is 1.46 bits per heavy atom. The van der Waals surface area contributed by atoms with E-state index in [9.17, 15) is 10.1 Å². The minimum absolute atomic E-state index is 0.0376. The molecule has 1 aromatic carbocycles. The Bertz CT molecular complexity index is 861. The monoisotopic (exact) mass is 325 g/mol. The van der Waals surface area contributed by atoms with E-state index in [4.69, 9.17) is 20.9 Å². The third-order valence-electron chi connectivity index (χ3n) is 3.72. The molecule has 1 amide bonds. The van der Waals surface area contributed by atoms with Crippen molar-refractivity contribution in [3.63, 3.8) is 0 Å². The smallest absolute Gasteiger partial charge is 0.255 e. The highest BCUT2D eigenvalue weighted by atomic mass is 16.5. The number of nitrogens with two attached hydrogens (primary N) is 2. The summed E-state index contributed by atoms with van der Waals surface area (Å²) in [5.74, 6) is -0.0323. The molecule has 24 heavy (non-hydrogen) atoms. The second-order valence-corrected chi connectivity index (χ2v) is 5.32. The summed E-state index contributed by atoms with van der Waals surface area (Å²) in [6, 6.07) is 9.11. The molecule has 0 bridgehead atoms. The number of H-pyrrole nitrogens is 1. The summed E-state index contributed by atoms with van der Waals surface area (Å²) in [4.78, 5) is 10.8. The van der Waals surface area contributed by atoms with Gasteiger partial charge in [-0.15, -0.1) is 5.10 Å². The second kappa shape index (κ2) is 5.96. The lowest BCUT2D eigenvalue weighted by atomic mass is 9.84. The van der Waals surface area contributed by atoms with Gasteiger partial charge < -0.3 is 20.9 Å². The van der Waals surface area contributed by atoms with E-state index >= 15 is 0 Å². The topological polar surface area (TPSA) is 140 Å². The molecule has 0 radical (unpaired) electrons. The largest absolute Gasteiger partial charge is 0.484 e. The van der Waals surface area contributed by atoms with Crippen LogP contribution in [0.1, 0.15) is 22.7 Å². The number of nitriles is 1. The number of aromatic nitrogens is 2. The maximum absolute atomic E-state index is 10.8. The SMILES string of the molecule is Cc1[nH]nc2c1C(c1ccc(OCC(N)=O)cc1)C(C#N)=C(N)O2. The molecule has 8 nitrogen and oxygen atoms in total. The van der Waals surface area contributed by atoms with Crippen molar-refractivity contribution in [2.24, 2.45) is 11.5 Å². The maximum Gasteiger partial charge on any atom is 0.255 e. The van der Waals surface area contributed by atoms with Crippen molar-refractivity contribution in [1.29, 1.82) is 5.26 Å². The molecule has 1 aromatic heterocycles. The molecule has 1 unspecified atom stereocenters. The maximum atomic E-state index is 10.8. The Kier molecular flexibility index (Phi) is 3.83. The molecule has 0 spiro atoms. The molecule has 0 saturated carbocycles. The van der Waals surface area contributed by atoms with Gasteiger partial charge in [-0.25, -0.2) is 0 Å². The first kappa shape index (κ1) is 15.4. The van der Waals surface area contributed by atoms with Gasteiger partial charge in [0.15, 0.2) is 6.61 Å². The summed E-state index contributed by atoms with van der Waals surface area (Å²) < 4.78 is 10.7. The molecule has 122 valence electrons. The van der Waals surface area contributed by atoms with Gasteiger partial charge in [-0.3, -0.25) is 9.89 Å². The number of aromatic amines is 1. The van der Waals surface area contributed by atoms with Crippen LogP contribution < -0.4 is 20.9 Å². The van der Waals surface area contributed by atoms with Gasteiger partial charge in [-0.2, -0.15) is 5.26 Å². The zero-order valence-electron chi connectivity index (χ0n) is 12.9. The van der Waals surface area contributed by atoms with Crippen LogP contribution in [0.15, 0.2) is 35.7 Å². The first-order chi connectivity index (χ1) is 11.5. The summed E-state index contributed by atoms with van der Waals surface area (Å²) in [5.41, 5.74) is 13.6. The van der Waals surface area contributed by atoms with Gasteiger partial charge >= 0.3 is 0 Å². The number of ether oxygens (including phenoxy) is 2. The Hall–Kier alpha value is -3.47. The van der Waals surface area contributed by atoms with Crippen molar-refractivity contribution < 1.29 is 14.3 Å². The van der Waals surface area contributed by atoms with Gasteiger partial charge in [0.25, 0.3) is 5.91 Å². The lowest BCUT2D eigenvalue weighted by Gasteiger charge is -2.23. The fraction of sp³-hybridized carbons (Fsp3) is 0.188. The molecule has 0 aliphatic carbocycles. The van der Waals surface area contributed by atoms with Crippen LogP contribution in [0.5, 0.6) is 11.6 Å². The molecule has 1 aliphatic rings. The van der Waals surface area contributed by atoms with Crippen molar-refractivity contribution in [3.8, 4) is 17.7 Å². The van der Waals surface area contributed by atoms with Gasteiger partial charge in [0.2, 0.25) is 11.8 Å². The minimum atomic E-state index is -0.551. The number of allylic oxidation sites excluding steroid dienone is 1. The molecule has 3 rings (SSSR count). The zero-order chi connectivity index (χ0) is 17.3. The van der Waals surface area contributed by atoms with Gasteiger partial charge in [-0.1, -0.05) is 12.1 Å². The molecule has 1 atom stereocenters. The Morgan fingerprint density at radius 3 is 2.79 bits per heavy atom. The van der Waals surface area contributed by atoms with Crippen LogP contribution in [0, 0.1) is 18.3 Å². The third-order valence-corrected chi connectivity index (χ3v) is 3.72. The fourth-order valence-corrected chi connectivity index (χ4v) is 2.64. The van der Waals surface area contributed by atoms with Crippen LogP contribution in [0.2, 0.25) is 0 Å². The van der Waals surface area contributed by atoms with Crippen LogP contribution in [0.4, 0.5) is 0 Å². The lowest BCUT2D eigenvalue weighted by molar-refractivity contribution is -0.119. The summed E-state index contributed by atoms with van der Waals surface area (Å²) in [7, 11) is 0. The number of primary amides is 1. The highest BCUT2D eigenvalue weighted by molar-refractivity contribution is 5.75. The van der Waals surface area contributed by atoms with Crippen molar-refractivity contribution in [2.45, 2.75) is 12.8 Å². The van der Waals surface area contributed by atoms with Crippen molar-refractivity contribution in [3.05, 3.63) is 52.5 Å². The number of rotatable bonds is 4. The van der Waals surface area contributed by atoms with E-state index in [0.717, 1.165) is 16.8 Å². The van der Waals surface area contributed by atoms with E-state index in [-0.39, 0.29) is 18.4 Å². The Balaban J connectivity index is 1.99. The van der Waals surface area contributed by atoms with E-state index < -0.39 is 5.91 Å². The van der Waals surface area contributed by atoms with Crippen molar-refractivity contribution in [1.82, 2.24) is 10.2 Å². The van der Waals surface area contributed by atoms with E-state index in [1.807, 2.05) is 6.92 Å². The number of benzene rings is 1. The average molecular weight is 325 g/mol. The predicted octanol–water partition coefficient (Wildman–Crippen LogP) is 0.800. The Labute approximate surface area is 137 Å². The number of hydrogen-bond donors (Lipinski definition) is 3. The molecule has 2 heterocycles. The van der Waals surface area contributed by atoms with Crippen LogP contribution in [0.3, 0.4) is 0 Å². The van der Waals surface area contributed by atoms with Crippen molar-refractivity contribution >= 4 is 5.91 Å². The highest BCUT2D eigenvalue weighted by Crippen LogP contribution is 2.42. The standard InChI is InChI=1S/C16H15N5O3/c1-8-13-14(11(6-17)15(19)24-16(13)21-20-8)9-2-4-10(5-3-9)23-7-12(18)22/h2-5,14H,7,19H2,1H3,(H2,18,22)(H,20,21). The van der Waals surface area contributed by atoms with E-state index in [2.05, 4.69) is 16.3 Å². The number of nitrogens with zero attached hydrogens (tertiary/aromatic N) is 2. The van der Waals surface area contributed by atoms with Crippen molar-refractivity contribution in [2.75, 3.05) is 6.61 Å². The number of carbonyl (C=O) groups excluding carboxylic acids is 1. The first-order valence-corrected chi connectivity index (χ1v) is 7.14. The summed E-state index contributed by atoms with van der Waals surface area (Å²) in [5, 5.41) is 16.4. The number of aryl methyl sites for hydroxylation is 1. The molecule has 5 N–H and O–H groups in total. The molecular weight excluding hydrogens is 310 g/mol. The molecule has 0 saturated heterocycles. The third kappa shape index (κ3) is 2.63. The predicted molar refractivity (Wildman–Crippen MR) is 83.8 cm³/mol. The fourth-order valence-electron chi connectivity index (χ4n) is 2.64. The van der Waals surface area contributed by atoms with Crippen LogP contribution in [-0.2, 0) is 4.79 Å². The van der Waals surface area contributed by atoms with Gasteiger partial charge in [0, 0.05) is 11.3 Å². The van der Waals surface area contributed by atoms with E-state index in [0.29, 0.717) is 17.2 Å². The number of hydrogen-bond acceptors (Lipinski definition) is 6. The first-order valence-electron chi connectivity index (χ1n) is 7.14. The highest BCUT2D eigenvalue weighted by Gasteiger charge is 2.34. The Morgan fingerprint density at radius 2 is 2.17 bits per heavy atom. The van der Waals surface area contributed by atoms with E-state index in [1.165, 1.54) is 0 Å². The van der Waals surface area contributed by atoms with Crippen LogP contribution >= 0.6 is 0 Å². The quantitative estimate of drug-likeness (QED) is 0.759. The number of fused-ring (bicyclic) bond motifs is 1. The van der Waals surface area contributed by atoms with Crippen LogP contribution in [0.25, 0.3) is 0 Å².